The third-order valence-electron chi connectivity index (χ3n) is 6.43. The first kappa shape index (κ1) is 23.9. The van der Waals surface area contributed by atoms with Gasteiger partial charge in [0.1, 0.15) is 5.69 Å². The Bertz CT molecular complexity index is 1550. The van der Waals surface area contributed by atoms with Crippen molar-refractivity contribution in [3.8, 4) is 16.8 Å². The molecule has 0 saturated carbocycles. The van der Waals surface area contributed by atoms with E-state index < -0.39 is 11.8 Å². The first-order valence-corrected chi connectivity index (χ1v) is 12.5. The second-order valence-electron chi connectivity index (χ2n) is 9.87. The number of rotatable bonds is 4. The third kappa shape index (κ3) is 3.91. The Morgan fingerprint density at radius 3 is 1.94 bits per heavy atom. The number of amides is 2. The van der Waals surface area contributed by atoms with E-state index in [9.17, 15) is 14.4 Å². The molecular weight excluding hydrogens is 516 g/mol. The zero-order valence-electron chi connectivity index (χ0n) is 20.3. The first-order valence-electron chi connectivity index (χ1n) is 11.7. The molecule has 6 heteroatoms. The van der Waals surface area contributed by atoms with Crippen LogP contribution in [0.25, 0.3) is 16.8 Å². The molecule has 2 amide bonds. The van der Waals surface area contributed by atoms with Crippen molar-refractivity contribution in [3.63, 3.8) is 0 Å². The quantitative estimate of drug-likeness (QED) is 0.283. The van der Waals surface area contributed by atoms with Gasteiger partial charge in [0.05, 0.1) is 22.3 Å². The van der Waals surface area contributed by atoms with Gasteiger partial charge in [0.15, 0.2) is 0 Å². The average Bonchev–Trinajstić information content (AvgIpc) is 3.10. The molecule has 1 aliphatic rings. The van der Waals surface area contributed by atoms with Crippen LogP contribution in [0.15, 0.2) is 94.2 Å². The number of carbonyl (C=O) groups excluding carboxylic acids is 2. The van der Waals surface area contributed by atoms with Gasteiger partial charge in [0.2, 0.25) is 0 Å². The van der Waals surface area contributed by atoms with Crippen LogP contribution in [0.5, 0.6) is 0 Å². The van der Waals surface area contributed by atoms with E-state index in [1.54, 1.807) is 0 Å². The van der Waals surface area contributed by atoms with Crippen molar-refractivity contribution in [1.82, 2.24) is 9.47 Å². The molecule has 2 heterocycles. The highest BCUT2D eigenvalue weighted by atomic mass is 79.9. The van der Waals surface area contributed by atoms with Gasteiger partial charge in [-0.1, -0.05) is 99.6 Å². The lowest BCUT2D eigenvalue weighted by Gasteiger charge is -2.25. The average molecular weight is 541 g/mol. The van der Waals surface area contributed by atoms with E-state index in [-0.39, 0.29) is 33.2 Å². The molecular formula is C30H25BrN2O3. The Balaban J connectivity index is 1.84. The third-order valence-corrected chi connectivity index (χ3v) is 7.16. The second-order valence-corrected chi connectivity index (χ2v) is 10.7. The summed E-state index contributed by atoms with van der Waals surface area (Å²) in [5.41, 5.74) is 3.10. The molecule has 5 rings (SSSR count). The molecule has 36 heavy (non-hydrogen) atoms. The van der Waals surface area contributed by atoms with Crippen LogP contribution < -0.4 is 5.56 Å². The normalized spacial score (nSPS) is 13.3. The van der Waals surface area contributed by atoms with E-state index >= 15 is 0 Å². The van der Waals surface area contributed by atoms with Crippen LogP contribution in [0, 0.1) is 0 Å². The summed E-state index contributed by atoms with van der Waals surface area (Å²) in [6, 6.07) is 26.1. The number of hydrogen-bond donors (Lipinski definition) is 0. The zero-order chi connectivity index (χ0) is 25.6. The molecule has 4 aromatic rings. The summed E-state index contributed by atoms with van der Waals surface area (Å²) >= 11 is 3.51. The summed E-state index contributed by atoms with van der Waals surface area (Å²) in [7, 11) is 0. The van der Waals surface area contributed by atoms with Gasteiger partial charge < -0.3 is 0 Å². The number of benzene rings is 3. The summed E-state index contributed by atoms with van der Waals surface area (Å²) in [5.74, 6) is -0.898. The number of halogens is 1. The zero-order valence-corrected chi connectivity index (χ0v) is 21.9. The molecule has 0 bridgehead atoms. The molecule has 5 nitrogen and oxygen atoms in total. The Kier molecular flexibility index (Phi) is 6.00. The summed E-state index contributed by atoms with van der Waals surface area (Å²) in [5, 5.41) is 0. The molecule has 0 unspecified atom stereocenters. The highest BCUT2D eigenvalue weighted by molar-refractivity contribution is 9.10. The van der Waals surface area contributed by atoms with E-state index in [1.165, 1.54) is 9.47 Å². The van der Waals surface area contributed by atoms with Crippen LogP contribution in [-0.4, -0.2) is 21.3 Å². The smallest absolute Gasteiger partial charge is 0.270 e. The van der Waals surface area contributed by atoms with E-state index in [0.29, 0.717) is 16.8 Å². The lowest BCUT2D eigenvalue weighted by atomic mass is 9.85. The van der Waals surface area contributed by atoms with Crippen LogP contribution in [0.2, 0.25) is 0 Å². The van der Waals surface area contributed by atoms with E-state index in [0.717, 1.165) is 11.1 Å². The van der Waals surface area contributed by atoms with Crippen molar-refractivity contribution in [2.24, 2.45) is 0 Å². The van der Waals surface area contributed by atoms with Crippen molar-refractivity contribution in [2.75, 3.05) is 0 Å². The number of hydrogen-bond acceptors (Lipinski definition) is 3. The fourth-order valence-corrected chi connectivity index (χ4v) is 5.34. The number of nitrogens with zero attached hydrogens (tertiary/aromatic N) is 2. The maximum Gasteiger partial charge on any atom is 0.279 e. The molecule has 0 spiro atoms. The maximum absolute atomic E-state index is 14.0. The molecule has 180 valence electrons. The maximum atomic E-state index is 14.0. The van der Waals surface area contributed by atoms with E-state index in [4.69, 9.17) is 0 Å². The molecule has 1 aliphatic heterocycles. The number of para-hydroxylation sites is 1. The van der Waals surface area contributed by atoms with Crippen molar-refractivity contribution in [1.29, 1.82) is 0 Å². The fourth-order valence-electron chi connectivity index (χ4n) is 4.73. The largest absolute Gasteiger partial charge is 0.279 e. The number of fused-ring (bicyclic) bond motifs is 1. The summed E-state index contributed by atoms with van der Waals surface area (Å²) < 4.78 is 1.66. The fraction of sp³-hybridized carbons (Fsp3) is 0.167. The molecule has 0 N–H and O–H groups in total. The summed E-state index contributed by atoms with van der Waals surface area (Å²) in [6.45, 7) is 6.28. The minimum Gasteiger partial charge on any atom is -0.270 e. The van der Waals surface area contributed by atoms with Crippen molar-refractivity contribution < 1.29 is 9.59 Å². The highest BCUT2D eigenvalue weighted by Gasteiger charge is 2.43. The lowest BCUT2D eigenvalue weighted by molar-refractivity contribution is 0.0639. The van der Waals surface area contributed by atoms with Gasteiger partial charge in [-0.15, -0.1) is 0 Å². The molecule has 0 fully saturated rings. The SMILES string of the molecule is CC(C)(C)c1ccccc1-n1c2c(c(-c3ccccc3)c(Br)c1=O)C(=O)N(Cc1ccccc1)C2=O. The van der Waals surface area contributed by atoms with Crippen LogP contribution in [0.3, 0.4) is 0 Å². The predicted molar refractivity (Wildman–Crippen MR) is 145 cm³/mol. The van der Waals surface area contributed by atoms with Crippen molar-refractivity contribution >= 4 is 27.7 Å². The minimum absolute atomic E-state index is 0.0969. The summed E-state index contributed by atoms with van der Waals surface area (Å²) in [6.07, 6.45) is 0. The van der Waals surface area contributed by atoms with Crippen LogP contribution in [0.4, 0.5) is 0 Å². The second kappa shape index (κ2) is 9.03. The van der Waals surface area contributed by atoms with Crippen molar-refractivity contribution in [3.05, 3.63) is 122 Å². The number of aromatic nitrogens is 1. The number of carbonyl (C=O) groups is 2. The number of imide groups is 1. The van der Waals surface area contributed by atoms with Gasteiger partial charge in [-0.3, -0.25) is 23.9 Å². The lowest BCUT2D eigenvalue weighted by Crippen LogP contribution is -2.31. The van der Waals surface area contributed by atoms with Gasteiger partial charge in [-0.2, -0.15) is 0 Å². The number of pyridine rings is 1. The molecule has 1 aromatic heterocycles. The molecule has 0 saturated heterocycles. The monoisotopic (exact) mass is 540 g/mol. The topological polar surface area (TPSA) is 59.4 Å². The first-order chi connectivity index (χ1) is 17.2. The molecule has 0 atom stereocenters. The minimum atomic E-state index is -0.482. The van der Waals surface area contributed by atoms with Gasteiger partial charge in [-0.05, 0) is 44.1 Å². The highest BCUT2D eigenvalue weighted by Crippen LogP contribution is 2.39. The van der Waals surface area contributed by atoms with Crippen LogP contribution in [-0.2, 0) is 12.0 Å². The molecule has 3 aromatic carbocycles. The van der Waals surface area contributed by atoms with Gasteiger partial charge >= 0.3 is 0 Å². The summed E-state index contributed by atoms with van der Waals surface area (Å²) in [4.78, 5) is 43.0. The van der Waals surface area contributed by atoms with E-state index in [1.807, 2.05) is 84.9 Å². The Hall–Kier alpha value is -3.77. The Morgan fingerprint density at radius 1 is 0.722 bits per heavy atom. The van der Waals surface area contributed by atoms with Crippen molar-refractivity contribution in [2.45, 2.75) is 32.7 Å². The van der Waals surface area contributed by atoms with Gasteiger partial charge in [0, 0.05) is 5.56 Å². The van der Waals surface area contributed by atoms with Crippen LogP contribution >= 0.6 is 15.9 Å². The van der Waals surface area contributed by atoms with Gasteiger partial charge in [0.25, 0.3) is 17.4 Å². The predicted octanol–water partition coefficient (Wildman–Crippen LogP) is 6.36. The molecule has 0 aliphatic carbocycles. The standard InChI is InChI=1S/C30H25BrN2O3/c1-30(2,3)21-16-10-11-17-22(21)33-26-24(23(25(31)28(33)35)20-14-8-5-9-15-20)27(34)32(29(26)36)18-19-12-6-4-7-13-19/h4-17H,18H2,1-3H3. The van der Waals surface area contributed by atoms with Gasteiger partial charge in [-0.25, -0.2) is 0 Å². The molecule has 0 radical (unpaired) electrons. The Labute approximate surface area is 218 Å². The van der Waals surface area contributed by atoms with Crippen LogP contribution in [0.1, 0.15) is 52.7 Å². The van der Waals surface area contributed by atoms with E-state index in [2.05, 4.69) is 36.7 Å². The Morgan fingerprint density at radius 2 is 1.31 bits per heavy atom.